The van der Waals surface area contributed by atoms with E-state index in [-0.39, 0.29) is 35.2 Å². The summed E-state index contributed by atoms with van der Waals surface area (Å²) in [5, 5.41) is 0.389. The first kappa shape index (κ1) is 16.4. The van der Waals surface area contributed by atoms with Gasteiger partial charge in [0.15, 0.2) is 17.3 Å². The van der Waals surface area contributed by atoms with Gasteiger partial charge in [-0.05, 0) is 35.7 Å². The highest BCUT2D eigenvalue weighted by atomic mass is 19.2. The van der Waals surface area contributed by atoms with Crippen molar-refractivity contribution < 1.29 is 32.2 Å². The molecule has 0 radical (unpaired) electrons. The Morgan fingerprint density at radius 1 is 0.920 bits per heavy atom. The van der Waals surface area contributed by atoms with E-state index < -0.39 is 23.3 Å². The van der Waals surface area contributed by atoms with E-state index in [0.717, 1.165) is 6.07 Å². The molecule has 0 bridgehead atoms. The lowest BCUT2D eigenvalue weighted by molar-refractivity contribution is -0.121. The number of halogens is 3. The molecule has 0 atom stereocenters. The molecule has 3 aromatic rings. The van der Waals surface area contributed by atoms with Crippen molar-refractivity contribution in [3.05, 3.63) is 54.0 Å². The highest BCUT2D eigenvalue weighted by Gasteiger charge is 2.16. The summed E-state index contributed by atoms with van der Waals surface area (Å²) in [4.78, 5) is 24.4. The van der Waals surface area contributed by atoms with Crippen LogP contribution in [-0.4, -0.2) is 17.9 Å². The molecule has 5 nitrogen and oxygen atoms in total. The Bertz CT molecular complexity index is 991. The zero-order chi connectivity index (χ0) is 18.0. The summed E-state index contributed by atoms with van der Waals surface area (Å²) in [5.74, 6) is -4.36. The Morgan fingerprint density at radius 2 is 1.68 bits per heavy atom. The van der Waals surface area contributed by atoms with Gasteiger partial charge in [-0.25, -0.2) is 9.37 Å². The van der Waals surface area contributed by atoms with Gasteiger partial charge in [-0.3, -0.25) is 9.59 Å². The van der Waals surface area contributed by atoms with Crippen molar-refractivity contribution in [3.8, 4) is 22.8 Å². The van der Waals surface area contributed by atoms with Crippen LogP contribution in [0.25, 0.3) is 22.0 Å². The second-order valence-electron chi connectivity index (χ2n) is 4.85. The lowest BCUT2D eigenvalue weighted by Gasteiger charge is -2.09. The summed E-state index contributed by atoms with van der Waals surface area (Å²) in [5.41, 5.74) is 0.576. The zero-order valence-electron chi connectivity index (χ0n) is 12.3. The Balaban J connectivity index is 2.13. The summed E-state index contributed by atoms with van der Waals surface area (Å²) in [7, 11) is 0. The summed E-state index contributed by atoms with van der Waals surface area (Å²) in [6.45, 7) is 0.0651. The van der Waals surface area contributed by atoms with Crippen molar-refractivity contribution >= 4 is 23.7 Å². The average Bonchev–Trinajstić information content (AvgIpc) is 2.60. The molecule has 0 fully saturated rings. The number of pyridine rings is 1. The first-order valence-electron chi connectivity index (χ1n) is 6.84. The summed E-state index contributed by atoms with van der Waals surface area (Å²) >= 11 is 0. The van der Waals surface area contributed by atoms with E-state index in [1.165, 1.54) is 30.3 Å². The Morgan fingerprint density at radius 3 is 2.36 bits per heavy atom. The van der Waals surface area contributed by atoms with Crippen molar-refractivity contribution in [2.75, 3.05) is 0 Å². The fourth-order valence-electron chi connectivity index (χ4n) is 2.36. The second kappa shape index (κ2) is 6.60. The quantitative estimate of drug-likeness (QED) is 0.523. The molecule has 0 aliphatic rings. The molecule has 0 aliphatic carbocycles. The summed E-state index contributed by atoms with van der Waals surface area (Å²) < 4.78 is 50.1. The molecule has 0 saturated heterocycles. The fraction of sp³-hybridized carbons (Fsp3) is 0. The van der Waals surface area contributed by atoms with Gasteiger partial charge in [-0.1, -0.05) is 6.07 Å². The minimum Gasteiger partial charge on any atom is -0.425 e. The van der Waals surface area contributed by atoms with Crippen molar-refractivity contribution in [3.63, 3.8) is 0 Å². The van der Waals surface area contributed by atoms with E-state index in [1.54, 1.807) is 0 Å². The van der Waals surface area contributed by atoms with Gasteiger partial charge < -0.3 is 9.47 Å². The smallest absolute Gasteiger partial charge is 0.298 e. The van der Waals surface area contributed by atoms with E-state index in [9.17, 15) is 22.8 Å². The van der Waals surface area contributed by atoms with Crippen LogP contribution < -0.4 is 9.47 Å². The maximum Gasteiger partial charge on any atom is 0.298 e. The van der Waals surface area contributed by atoms with Gasteiger partial charge >= 0.3 is 0 Å². The molecule has 126 valence electrons. The van der Waals surface area contributed by atoms with Crippen LogP contribution in [0.15, 0.2) is 36.4 Å². The molecule has 1 heterocycles. The molecule has 25 heavy (non-hydrogen) atoms. The molecule has 0 saturated carbocycles. The van der Waals surface area contributed by atoms with E-state index in [4.69, 9.17) is 0 Å². The van der Waals surface area contributed by atoms with Crippen LogP contribution in [0.5, 0.6) is 11.5 Å². The molecule has 0 aliphatic heterocycles. The molecule has 0 spiro atoms. The third-order valence-corrected chi connectivity index (χ3v) is 3.44. The Labute approximate surface area is 138 Å². The van der Waals surface area contributed by atoms with Crippen molar-refractivity contribution in [2.45, 2.75) is 0 Å². The first-order valence-corrected chi connectivity index (χ1v) is 6.84. The minimum absolute atomic E-state index is 0.00606. The molecule has 8 heteroatoms. The van der Waals surface area contributed by atoms with Gasteiger partial charge in [0.1, 0.15) is 0 Å². The highest BCUT2D eigenvalue weighted by molar-refractivity contribution is 5.92. The van der Waals surface area contributed by atoms with Crippen LogP contribution >= 0.6 is 0 Å². The zero-order valence-corrected chi connectivity index (χ0v) is 12.3. The Kier molecular flexibility index (Phi) is 4.34. The largest absolute Gasteiger partial charge is 0.425 e. The van der Waals surface area contributed by atoms with E-state index in [0.29, 0.717) is 5.56 Å². The molecule has 0 amide bonds. The van der Waals surface area contributed by atoms with Crippen molar-refractivity contribution in [1.82, 2.24) is 4.98 Å². The number of carbonyl (C=O) groups excluding carboxylic acids is 2. The van der Waals surface area contributed by atoms with Crippen LogP contribution in [0.2, 0.25) is 0 Å². The molecule has 3 rings (SSSR count). The predicted molar refractivity (Wildman–Crippen MR) is 80.4 cm³/mol. The number of carbonyl (C=O) groups is 2. The van der Waals surface area contributed by atoms with Gasteiger partial charge in [0.25, 0.3) is 18.9 Å². The van der Waals surface area contributed by atoms with E-state index in [2.05, 4.69) is 14.5 Å². The van der Waals surface area contributed by atoms with Crippen LogP contribution in [0.4, 0.5) is 13.2 Å². The molecule has 1 aromatic heterocycles. The number of benzene rings is 2. The molecule has 2 aromatic carbocycles. The molecular formula is C17H8F3NO4. The number of hydrogen-bond donors (Lipinski definition) is 0. The van der Waals surface area contributed by atoms with E-state index in [1.807, 2.05) is 0 Å². The van der Waals surface area contributed by atoms with Gasteiger partial charge in [0, 0.05) is 10.9 Å². The third-order valence-electron chi connectivity index (χ3n) is 3.44. The van der Waals surface area contributed by atoms with E-state index >= 15 is 0 Å². The molecule has 0 N–H and O–H groups in total. The first-order chi connectivity index (χ1) is 12.0. The van der Waals surface area contributed by atoms with Crippen LogP contribution in [0.1, 0.15) is 0 Å². The number of ether oxygens (including phenoxy) is 2. The van der Waals surface area contributed by atoms with Gasteiger partial charge in [0.2, 0.25) is 5.82 Å². The summed E-state index contributed by atoms with van der Waals surface area (Å²) in [6, 6.07) is 7.82. The maximum atomic E-state index is 13.8. The second-order valence-corrected chi connectivity index (χ2v) is 4.85. The highest BCUT2D eigenvalue weighted by Crippen LogP contribution is 2.33. The van der Waals surface area contributed by atoms with Gasteiger partial charge in [-0.15, -0.1) is 0 Å². The van der Waals surface area contributed by atoms with Crippen LogP contribution in [-0.2, 0) is 9.59 Å². The van der Waals surface area contributed by atoms with Crippen molar-refractivity contribution in [2.24, 2.45) is 0 Å². The van der Waals surface area contributed by atoms with Crippen LogP contribution in [0.3, 0.4) is 0 Å². The molecular weight excluding hydrogens is 339 g/mol. The lowest BCUT2D eigenvalue weighted by Crippen LogP contribution is -1.98. The number of nitrogens with zero attached hydrogens (tertiary/aromatic N) is 1. The monoisotopic (exact) mass is 347 g/mol. The summed E-state index contributed by atoms with van der Waals surface area (Å²) in [6.07, 6.45) is 0. The predicted octanol–water partition coefficient (Wildman–Crippen LogP) is 3.39. The Hall–Kier alpha value is -3.42. The van der Waals surface area contributed by atoms with Gasteiger partial charge in [-0.2, -0.15) is 8.78 Å². The number of fused-ring (bicyclic) bond motifs is 1. The maximum absolute atomic E-state index is 13.8. The minimum atomic E-state index is -1.29. The van der Waals surface area contributed by atoms with Crippen LogP contribution in [0, 0.1) is 17.6 Å². The van der Waals surface area contributed by atoms with Gasteiger partial charge in [0.05, 0.1) is 5.69 Å². The average molecular weight is 347 g/mol. The fourth-order valence-corrected chi connectivity index (χ4v) is 2.36. The number of aromatic nitrogens is 1. The molecule has 0 unspecified atom stereocenters. The lowest BCUT2D eigenvalue weighted by atomic mass is 10.0. The normalized spacial score (nSPS) is 10.5. The standard InChI is InChI=1S/C17H8F3NO4/c18-12-6-10-5-9(1-2-11(10)16(15(12)19)25-8-23)13-3-4-14(24-7-22)17(20)21-13/h1-8H. The van der Waals surface area contributed by atoms with Crippen molar-refractivity contribution in [1.29, 1.82) is 0 Å². The topological polar surface area (TPSA) is 65.5 Å². The third kappa shape index (κ3) is 3.01. The SMILES string of the molecule is O=COc1ccc(-c2ccc3c(OC=O)c(F)c(F)cc3c2)nc1F. The number of hydrogen-bond acceptors (Lipinski definition) is 5. The number of rotatable bonds is 5.